The lowest BCUT2D eigenvalue weighted by molar-refractivity contribution is 0.0740. The van der Waals surface area contributed by atoms with Gasteiger partial charge in [-0.15, -0.1) is 11.3 Å². The fourth-order valence-corrected chi connectivity index (χ4v) is 3.54. The van der Waals surface area contributed by atoms with E-state index >= 15 is 0 Å². The van der Waals surface area contributed by atoms with Crippen LogP contribution in [0, 0.1) is 0 Å². The molecule has 0 atom stereocenters. The molecule has 0 saturated heterocycles. The van der Waals surface area contributed by atoms with E-state index in [1.165, 1.54) is 18.5 Å². The Balaban J connectivity index is 1.70. The molecule has 0 aliphatic rings. The molecule has 1 N–H and O–H groups in total. The van der Waals surface area contributed by atoms with Gasteiger partial charge in [-0.05, 0) is 23.8 Å². The monoisotopic (exact) mass is 379 g/mol. The van der Waals surface area contributed by atoms with Gasteiger partial charge in [0.1, 0.15) is 15.5 Å². The highest BCUT2D eigenvalue weighted by molar-refractivity contribution is 7.20. The van der Waals surface area contributed by atoms with Gasteiger partial charge in [-0.3, -0.25) is 19.3 Å². The average Bonchev–Trinajstić information content (AvgIpc) is 3.11. The molecule has 27 heavy (non-hydrogen) atoms. The predicted molar refractivity (Wildman–Crippen MR) is 101 cm³/mol. The number of carbonyl (C=O) groups excluding carboxylic acids is 1. The molecule has 0 spiro atoms. The molecule has 7 nitrogen and oxygen atoms in total. The fourth-order valence-electron chi connectivity index (χ4n) is 2.62. The van der Waals surface area contributed by atoms with Crippen LogP contribution in [-0.2, 0) is 6.54 Å². The molecule has 0 unspecified atom stereocenters. The van der Waals surface area contributed by atoms with E-state index in [1.807, 2.05) is 30.3 Å². The van der Waals surface area contributed by atoms with Crippen LogP contribution in [0.4, 0.5) is 0 Å². The van der Waals surface area contributed by atoms with Crippen LogP contribution < -0.4 is 16.0 Å². The van der Waals surface area contributed by atoms with Crippen molar-refractivity contribution in [2.75, 3.05) is 0 Å². The Kier molecular flexibility index (Phi) is 4.39. The lowest BCUT2D eigenvalue weighted by Crippen LogP contribution is -2.34. The van der Waals surface area contributed by atoms with Crippen molar-refractivity contribution in [2.45, 2.75) is 6.54 Å². The van der Waals surface area contributed by atoms with Gasteiger partial charge in [0.05, 0.1) is 11.9 Å². The number of carbonyl (C=O) groups is 1. The summed E-state index contributed by atoms with van der Waals surface area (Å²) in [5.74, 6) is -0.250. The Morgan fingerprint density at radius 1 is 1.11 bits per heavy atom. The first-order valence-corrected chi connectivity index (χ1v) is 8.86. The fraction of sp³-hybridized carbons (Fsp3) is 0.0526. The van der Waals surface area contributed by atoms with Gasteiger partial charge in [-0.1, -0.05) is 30.3 Å². The van der Waals surface area contributed by atoms with Gasteiger partial charge in [-0.25, -0.2) is 9.59 Å². The molecule has 4 aromatic rings. The Morgan fingerprint density at radius 2 is 1.85 bits per heavy atom. The number of aromatic nitrogens is 3. The first-order chi connectivity index (χ1) is 13.1. The minimum atomic E-state index is -0.600. The maximum Gasteiger partial charge on any atom is 0.353 e. The highest BCUT2D eigenvalue weighted by atomic mass is 32.1. The van der Waals surface area contributed by atoms with E-state index in [2.05, 4.69) is 9.97 Å². The second kappa shape index (κ2) is 7.00. The number of hydrogen-bond donors (Lipinski definition) is 1. The first kappa shape index (κ1) is 16.9. The van der Waals surface area contributed by atoms with Crippen molar-refractivity contribution in [3.63, 3.8) is 0 Å². The molecule has 4 rings (SSSR count). The van der Waals surface area contributed by atoms with Crippen molar-refractivity contribution in [2.24, 2.45) is 0 Å². The van der Waals surface area contributed by atoms with Crippen molar-refractivity contribution >= 4 is 27.5 Å². The van der Waals surface area contributed by atoms with Gasteiger partial charge in [-0.2, -0.15) is 0 Å². The quantitative estimate of drug-likeness (QED) is 0.550. The summed E-state index contributed by atoms with van der Waals surface area (Å²) in [6.07, 6.45) is 3.01. The van der Waals surface area contributed by atoms with Gasteiger partial charge in [0.2, 0.25) is 0 Å². The van der Waals surface area contributed by atoms with Crippen molar-refractivity contribution in [1.82, 2.24) is 14.5 Å². The lowest BCUT2D eigenvalue weighted by Gasteiger charge is -2.04. The number of esters is 1. The number of aromatic amines is 1. The summed E-state index contributed by atoms with van der Waals surface area (Å²) in [5, 5.41) is 0.275. The zero-order valence-electron chi connectivity index (χ0n) is 13.9. The normalized spacial score (nSPS) is 10.8. The summed E-state index contributed by atoms with van der Waals surface area (Å²) >= 11 is 1.01. The molecular weight excluding hydrogens is 366 g/mol. The Morgan fingerprint density at radius 3 is 2.59 bits per heavy atom. The number of fused-ring (bicyclic) bond motifs is 1. The summed E-state index contributed by atoms with van der Waals surface area (Å²) in [6.45, 7) is 0.150. The SMILES string of the molecule is O=C(Oc1ccncc1)c1cc2c(=O)n(Cc3ccccc3)c(=O)[nH]c2s1. The zero-order valence-corrected chi connectivity index (χ0v) is 14.7. The molecule has 0 aliphatic heterocycles. The van der Waals surface area contributed by atoms with E-state index in [9.17, 15) is 14.4 Å². The van der Waals surface area contributed by atoms with E-state index in [0.717, 1.165) is 21.5 Å². The number of H-pyrrole nitrogens is 1. The number of pyridine rings is 1. The van der Waals surface area contributed by atoms with E-state index in [0.29, 0.717) is 10.6 Å². The maximum atomic E-state index is 12.7. The zero-order chi connectivity index (χ0) is 18.8. The van der Waals surface area contributed by atoms with Crippen LogP contribution in [-0.4, -0.2) is 20.5 Å². The predicted octanol–water partition coefficient (Wildman–Crippen LogP) is 2.41. The highest BCUT2D eigenvalue weighted by Crippen LogP contribution is 2.22. The Bertz CT molecular complexity index is 1230. The third-order valence-electron chi connectivity index (χ3n) is 3.92. The highest BCUT2D eigenvalue weighted by Gasteiger charge is 2.17. The van der Waals surface area contributed by atoms with Gasteiger partial charge >= 0.3 is 11.7 Å². The smallest absolute Gasteiger partial charge is 0.353 e. The van der Waals surface area contributed by atoms with Crippen molar-refractivity contribution in [3.8, 4) is 5.75 Å². The number of benzene rings is 1. The number of rotatable bonds is 4. The molecule has 0 saturated carbocycles. The van der Waals surface area contributed by atoms with E-state index in [1.54, 1.807) is 12.1 Å². The molecule has 3 aromatic heterocycles. The maximum absolute atomic E-state index is 12.7. The largest absolute Gasteiger partial charge is 0.422 e. The number of thiophene rings is 1. The van der Waals surface area contributed by atoms with Crippen LogP contribution in [0.25, 0.3) is 10.2 Å². The summed E-state index contributed by atoms with van der Waals surface area (Å²) in [7, 11) is 0. The van der Waals surface area contributed by atoms with Crippen molar-refractivity contribution in [3.05, 3.63) is 92.2 Å². The second-order valence-electron chi connectivity index (χ2n) is 5.73. The summed E-state index contributed by atoms with van der Waals surface area (Å²) in [5.41, 5.74) is -0.138. The third kappa shape index (κ3) is 3.42. The van der Waals surface area contributed by atoms with Crippen molar-refractivity contribution < 1.29 is 9.53 Å². The Labute approximate surface area is 156 Å². The van der Waals surface area contributed by atoms with E-state index < -0.39 is 17.2 Å². The molecule has 0 bridgehead atoms. The van der Waals surface area contributed by atoms with Gasteiger partial charge in [0.15, 0.2) is 0 Å². The van der Waals surface area contributed by atoms with Crippen molar-refractivity contribution in [1.29, 1.82) is 0 Å². The van der Waals surface area contributed by atoms with Crippen LogP contribution in [0.3, 0.4) is 0 Å². The molecule has 0 fully saturated rings. The second-order valence-corrected chi connectivity index (χ2v) is 6.79. The van der Waals surface area contributed by atoms with Crippen LogP contribution in [0.15, 0.2) is 70.5 Å². The average molecular weight is 379 g/mol. The number of ether oxygens (including phenoxy) is 1. The molecule has 0 aliphatic carbocycles. The molecule has 3 heterocycles. The summed E-state index contributed by atoms with van der Waals surface area (Å²) in [4.78, 5) is 44.5. The summed E-state index contributed by atoms with van der Waals surface area (Å²) in [6, 6.07) is 13.8. The third-order valence-corrected chi connectivity index (χ3v) is 4.95. The van der Waals surface area contributed by atoms with Gasteiger partial charge in [0.25, 0.3) is 5.56 Å². The summed E-state index contributed by atoms with van der Waals surface area (Å²) < 4.78 is 6.37. The minimum absolute atomic E-state index is 0.150. The van der Waals surface area contributed by atoms with E-state index in [-0.39, 0.29) is 16.8 Å². The molecule has 0 radical (unpaired) electrons. The van der Waals surface area contributed by atoms with Crippen LogP contribution >= 0.6 is 11.3 Å². The standard InChI is InChI=1S/C19H13N3O4S/c23-17-14-10-15(18(24)26-13-6-8-20-9-7-13)27-16(14)21-19(25)22(17)11-12-4-2-1-3-5-12/h1-10H,11H2,(H,21,25). The topological polar surface area (TPSA) is 94.0 Å². The van der Waals surface area contributed by atoms with E-state index in [4.69, 9.17) is 4.74 Å². The Hall–Kier alpha value is -3.52. The minimum Gasteiger partial charge on any atom is -0.422 e. The molecule has 134 valence electrons. The lowest BCUT2D eigenvalue weighted by atomic mass is 10.2. The molecule has 0 amide bonds. The first-order valence-electron chi connectivity index (χ1n) is 8.04. The van der Waals surface area contributed by atoms with Crippen LogP contribution in [0.2, 0.25) is 0 Å². The molecule has 1 aromatic carbocycles. The van der Waals surface area contributed by atoms with Crippen LogP contribution in [0.5, 0.6) is 5.75 Å². The number of nitrogens with one attached hydrogen (secondary N) is 1. The number of nitrogens with zero attached hydrogens (tertiary/aromatic N) is 2. The van der Waals surface area contributed by atoms with Crippen LogP contribution in [0.1, 0.15) is 15.2 Å². The molecular formula is C19H13N3O4S. The molecule has 8 heteroatoms. The number of hydrogen-bond acceptors (Lipinski definition) is 6. The van der Waals surface area contributed by atoms with Gasteiger partial charge < -0.3 is 4.74 Å². The van der Waals surface area contributed by atoms with Gasteiger partial charge in [0, 0.05) is 12.4 Å².